The average molecular weight is 295 g/mol. The number of rotatable bonds is 5. The number of nitriles is 1. The summed E-state index contributed by atoms with van der Waals surface area (Å²) in [6.45, 7) is 5.72. The van der Waals surface area contributed by atoms with Crippen LogP contribution in [0.3, 0.4) is 0 Å². The predicted octanol–water partition coefficient (Wildman–Crippen LogP) is 3.31. The van der Waals surface area contributed by atoms with Gasteiger partial charge in [-0.25, -0.2) is 0 Å². The summed E-state index contributed by atoms with van der Waals surface area (Å²) in [6, 6.07) is 16.1. The predicted molar refractivity (Wildman–Crippen MR) is 89.4 cm³/mol. The second-order valence-corrected chi connectivity index (χ2v) is 5.90. The number of nitrogens with zero attached hydrogens (tertiary/aromatic N) is 1. The zero-order chi connectivity index (χ0) is 16.2. The lowest BCUT2D eigenvalue weighted by Gasteiger charge is -2.27. The lowest BCUT2D eigenvalue weighted by Crippen LogP contribution is -2.50. The SMILES string of the molecule is CC(C)[C@](C)(C#N)NC(=O)CNc1cccc2ccccc12. The van der Waals surface area contributed by atoms with Gasteiger partial charge in [-0.1, -0.05) is 50.2 Å². The summed E-state index contributed by atoms with van der Waals surface area (Å²) < 4.78 is 0. The van der Waals surface area contributed by atoms with Gasteiger partial charge in [-0.2, -0.15) is 5.26 Å². The molecule has 22 heavy (non-hydrogen) atoms. The molecule has 1 atom stereocenters. The van der Waals surface area contributed by atoms with Crippen molar-refractivity contribution in [2.24, 2.45) is 5.92 Å². The van der Waals surface area contributed by atoms with Crippen molar-refractivity contribution in [2.45, 2.75) is 26.3 Å². The van der Waals surface area contributed by atoms with Crippen LogP contribution in [0.15, 0.2) is 42.5 Å². The fraction of sp³-hybridized carbons (Fsp3) is 0.333. The molecule has 0 aromatic heterocycles. The van der Waals surface area contributed by atoms with Crippen molar-refractivity contribution in [3.05, 3.63) is 42.5 Å². The van der Waals surface area contributed by atoms with Gasteiger partial charge in [0.05, 0.1) is 12.6 Å². The fourth-order valence-electron chi connectivity index (χ4n) is 2.19. The number of nitrogens with one attached hydrogen (secondary N) is 2. The lowest BCUT2D eigenvalue weighted by atomic mass is 9.90. The molecule has 0 bridgehead atoms. The second kappa shape index (κ2) is 6.48. The monoisotopic (exact) mass is 295 g/mol. The molecule has 0 aliphatic carbocycles. The Morgan fingerprint density at radius 3 is 2.59 bits per heavy atom. The molecule has 2 aromatic carbocycles. The molecule has 0 saturated heterocycles. The molecule has 0 unspecified atom stereocenters. The van der Waals surface area contributed by atoms with E-state index < -0.39 is 5.54 Å². The van der Waals surface area contributed by atoms with Crippen molar-refractivity contribution >= 4 is 22.4 Å². The lowest BCUT2D eigenvalue weighted by molar-refractivity contribution is -0.121. The maximum atomic E-state index is 12.1. The molecule has 2 N–H and O–H groups in total. The Labute approximate surface area is 131 Å². The molecule has 2 rings (SSSR count). The third-order valence-corrected chi connectivity index (χ3v) is 4.02. The molecule has 0 heterocycles. The number of benzene rings is 2. The fourth-order valence-corrected chi connectivity index (χ4v) is 2.19. The van der Waals surface area contributed by atoms with Crippen LogP contribution in [0.2, 0.25) is 0 Å². The van der Waals surface area contributed by atoms with E-state index in [1.807, 2.05) is 56.3 Å². The van der Waals surface area contributed by atoms with Crippen molar-refractivity contribution in [3.63, 3.8) is 0 Å². The van der Waals surface area contributed by atoms with Gasteiger partial charge in [-0.15, -0.1) is 0 Å². The number of carbonyl (C=O) groups is 1. The Morgan fingerprint density at radius 2 is 1.91 bits per heavy atom. The number of carbonyl (C=O) groups excluding carboxylic acids is 1. The zero-order valence-electron chi connectivity index (χ0n) is 13.2. The van der Waals surface area contributed by atoms with Crippen LogP contribution in [0.1, 0.15) is 20.8 Å². The van der Waals surface area contributed by atoms with E-state index in [9.17, 15) is 10.1 Å². The molecule has 2 aromatic rings. The molecule has 0 spiro atoms. The van der Waals surface area contributed by atoms with Crippen molar-refractivity contribution in [3.8, 4) is 6.07 Å². The minimum Gasteiger partial charge on any atom is -0.376 e. The van der Waals surface area contributed by atoms with Crippen molar-refractivity contribution in [2.75, 3.05) is 11.9 Å². The van der Waals surface area contributed by atoms with Gasteiger partial charge in [-0.05, 0) is 24.3 Å². The van der Waals surface area contributed by atoms with Gasteiger partial charge >= 0.3 is 0 Å². The van der Waals surface area contributed by atoms with E-state index in [0.717, 1.165) is 16.5 Å². The molecule has 4 heteroatoms. The molecular formula is C18H21N3O. The van der Waals surface area contributed by atoms with Gasteiger partial charge < -0.3 is 10.6 Å². The van der Waals surface area contributed by atoms with Gasteiger partial charge in [0.1, 0.15) is 5.54 Å². The summed E-state index contributed by atoms with van der Waals surface area (Å²) in [5.41, 5.74) is 0.0637. The van der Waals surface area contributed by atoms with Crippen LogP contribution in [0.25, 0.3) is 10.8 Å². The highest BCUT2D eigenvalue weighted by Crippen LogP contribution is 2.22. The molecule has 0 fully saturated rings. The Bertz CT molecular complexity index is 712. The topological polar surface area (TPSA) is 64.9 Å². The van der Waals surface area contributed by atoms with Crippen molar-refractivity contribution in [1.82, 2.24) is 5.32 Å². The van der Waals surface area contributed by atoms with E-state index >= 15 is 0 Å². The van der Waals surface area contributed by atoms with E-state index in [4.69, 9.17) is 0 Å². The number of hydrogen-bond acceptors (Lipinski definition) is 3. The largest absolute Gasteiger partial charge is 0.376 e. The normalized spacial score (nSPS) is 13.4. The Morgan fingerprint density at radius 1 is 1.23 bits per heavy atom. The molecule has 1 amide bonds. The first kappa shape index (κ1) is 15.8. The summed E-state index contributed by atoms with van der Waals surface area (Å²) >= 11 is 0. The van der Waals surface area contributed by atoms with Gasteiger partial charge in [0.25, 0.3) is 0 Å². The van der Waals surface area contributed by atoms with Gasteiger partial charge in [0, 0.05) is 11.1 Å². The molecule has 0 saturated carbocycles. The summed E-state index contributed by atoms with van der Waals surface area (Å²) in [6.07, 6.45) is 0. The average Bonchev–Trinajstić information content (AvgIpc) is 2.52. The Balaban J connectivity index is 2.06. The number of amides is 1. The quantitative estimate of drug-likeness (QED) is 0.889. The minimum absolute atomic E-state index is 0.0407. The van der Waals surface area contributed by atoms with Gasteiger partial charge in [0.15, 0.2) is 0 Å². The molecule has 0 aliphatic heterocycles. The highest BCUT2D eigenvalue weighted by molar-refractivity contribution is 5.95. The standard InChI is InChI=1S/C18H21N3O/c1-13(2)18(3,12-19)21-17(22)11-20-16-10-6-8-14-7-4-5-9-15(14)16/h4-10,13,20H,11H2,1-3H3,(H,21,22)/t18-/m0/s1. The van der Waals surface area contributed by atoms with E-state index in [1.54, 1.807) is 6.92 Å². The van der Waals surface area contributed by atoms with E-state index in [-0.39, 0.29) is 18.4 Å². The highest BCUT2D eigenvalue weighted by Gasteiger charge is 2.29. The Hall–Kier alpha value is -2.54. The maximum Gasteiger partial charge on any atom is 0.240 e. The van der Waals surface area contributed by atoms with Gasteiger partial charge in [0.2, 0.25) is 5.91 Å². The van der Waals surface area contributed by atoms with Crippen LogP contribution in [0.5, 0.6) is 0 Å². The number of anilines is 1. The summed E-state index contributed by atoms with van der Waals surface area (Å²) in [5, 5.41) is 17.4. The van der Waals surface area contributed by atoms with Crippen LogP contribution >= 0.6 is 0 Å². The number of hydrogen-bond donors (Lipinski definition) is 2. The maximum absolute atomic E-state index is 12.1. The smallest absolute Gasteiger partial charge is 0.240 e. The minimum atomic E-state index is -0.850. The third-order valence-electron chi connectivity index (χ3n) is 4.02. The van der Waals surface area contributed by atoms with Gasteiger partial charge in [-0.3, -0.25) is 4.79 Å². The van der Waals surface area contributed by atoms with Crippen LogP contribution in [-0.4, -0.2) is 18.0 Å². The van der Waals surface area contributed by atoms with Crippen LogP contribution in [0, 0.1) is 17.2 Å². The van der Waals surface area contributed by atoms with Crippen molar-refractivity contribution in [1.29, 1.82) is 5.26 Å². The summed E-state index contributed by atoms with van der Waals surface area (Å²) in [4.78, 5) is 12.1. The van der Waals surface area contributed by atoms with E-state index in [0.29, 0.717) is 0 Å². The van der Waals surface area contributed by atoms with Crippen LogP contribution in [-0.2, 0) is 4.79 Å². The first-order chi connectivity index (χ1) is 10.5. The molecule has 4 nitrogen and oxygen atoms in total. The zero-order valence-corrected chi connectivity index (χ0v) is 13.2. The molecule has 0 radical (unpaired) electrons. The molecule has 114 valence electrons. The molecule has 0 aliphatic rings. The van der Waals surface area contributed by atoms with Crippen LogP contribution < -0.4 is 10.6 Å². The van der Waals surface area contributed by atoms with Crippen molar-refractivity contribution < 1.29 is 4.79 Å². The first-order valence-electron chi connectivity index (χ1n) is 7.40. The van der Waals surface area contributed by atoms with Crippen LogP contribution in [0.4, 0.5) is 5.69 Å². The number of fused-ring (bicyclic) bond motifs is 1. The van der Waals surface area contributed by atoms with E-state index in [1.165, 1.54) is 0 Å². The summed E-state index contributed by atoms with van der Waals surface area (Å²) in [7, 11) is 0. The van der Waals surface area contributed by atoms with E-state index in [2.05, 4.69) is 16.7 Å². The molecular weight excluding hydrogens is 274 g/mol. The Kier molecular flexibility index (Phi) is 4.67. The first-order valence-corrected chi connectivity index (χ1v) is 7.40. The second-order valence-electron chi connectivity index (χ2n) is 5.90. The highest BCUT2D eigenvalue weighted by atomic mass is 16.2. The third kappa shape index (κ3) is 3.37. The summed E-state index contributed by atoms with van der Waals surface area (Å²) in [5.74, 6) is -0.148.